The largest absolute Gasteiger partial charge is 0.496 e. The number of allylic oxidation sites excluding steroid dienone is 1. The highest BCUT2D eigenvalue weighted by molar-refractivity contribution is 5.63. The number of hydrogen-bond donors (Lipinski definition) is 1. The van der Waals surface area contributed by atoms with Gasteiger partial charge in [0.05, 0.1) is 7.11 Å². The maximum atomic E-state index is 5.40. The third-order valence-corrected chi connectivity index (χ3v) is 3.07. The Morgan fingerprint density at radius 2 is 1.75 bits per heavy atom. The van der Waals surface area contributed by atoms with Crippen molar-refractivity contribution in [3.63, 3.8) is 0 Å². The van der Waals surface area contributed by atoms with E-state index in [1.165, 1.54) is 5.70 Å². The zero-order valence-electron chi connectivity index (χ0n) is 12.1. The van der Waals surface area contributed by atoms with Crippen LogP contribution in [0.15, 0.2) is 60.3 Å². The number of benzene rings is 2. The van der Waals surface area contributed by atoms with Gasteiger partial charge in [0, 0.05) is 16.9 Å². The molecule has 0 aromatic heterocycles. The average molecular weight is 267 g/mol. The molecule has 0 saturated heterocycles. The maximum Gasteiger partial charge on any atom is 0.126 e. The van der Waals surface area contributed by atoms with Gasteiger partial charge in [-0.1, -0.05) is 49.7 Å². The summed E-state index contributed by atoms with van der Waals surface area (Å²) >= 11 is 0. The number of anilines is 1. The Bertz CT molecular complexity index is 561. The van der Waals surface area contributed by atoms with Gasteiger partial charge in [-0.3, -0.25) is 0 Å². The normalized spacial score (nSPS) is 11.2. The molecule has 0 amide bonds. The fourth-order valence-corrected chi connectivity index (χ4v) is 2.12. The van der Waals surface area contributed by atoms with Crippen LogP contribution in [0.4, 0.5) is 5.69 Å². The number of nitrogens with one attached hydrogen (secondary N) is 1. The third kappa shape index (κ3) is 3.89. The quantitative estimate of drug-likeness (QED) is 0.799. The van der Waals surface area contributed by atoms with Crippen molar-refractivity contribution in [2.45, 2.75) is 19.8 Å². The highest BCUT2D eigenvalue weighted by atomic mass is 16.5. The Kier molecular flexibility index (Phi) is 5.24. The molecule has 104 valence electrons. The van der Waals surface area contributed by atoms with Crippen LogP contribution in [0.3, 0.4) is 0 Å². The van der Waals surface area contributed by atoms with Crippen molar-refractivity contribution in [1.82, 2.24) is 0 Å². The van der Waals surface area contributed by atoms with Crippen LogP contribution in [0.2, 0.25) is 0 Å². The Hall–Kier alpha value is -2.22. The summed E-state index contributed by atoms with van der Waals surface area (Å²) in [5.41, 5.74) is 3.41. The lowest BCUT2D eigenvalue weighted by atomic mass is 10.1. The number of ether oxygens (including phenoxy) is 1. The van der Waals surface area contributed by atoms with E-state index in [9.17, 15) is 0 Å². The summed E-state index contributed by atoms with van der Waals surface area (Å²) < 4.78 is 5.40. The van der Waals surface area contributed by atoms with Crippen molar-refractivity contribution in [3.05, 3.63) is 65.9 Å². The third-order valence-electron chi connectivity index (χ3n) is 3.07. The second-order valence-corrected chi connectivity index (χ2v) is 4.65. The lowest BCUT2D eigenvalue weighted by molar-refractivity contribution is 0.414. The maximum absolute atomic E-state index is 5.40. The molecule has 2 aromatic rings. The number of methoxy groups -OCH3 is 1. The first kappa shape index (κ1) is 14.2. The first-order valence-corrected chi connectivity index (χ1v) is 6.99. The highest BCUT2D eigenvalue weighted by Crippen LogP contribution is 2.22. The Morgan fingerprint density at radius 3 is 2.45 bits per heavy atom. The summed E-state index contributed by atoms with van der Waals surface area (Å²) in [6, 6.07) is 18.3. The van der Waals surface area contributed by atoms with Gasteiger partial charge in [-0.05, 0) is 30.7 Å². The van der Waals surface area contributed by atoms with Crippen molar-refractivity contribution in [2.24, 2.45) is 0 Å². The first-order chi connectivity index (χ1) is 9.83. The first-order valence-electron chi connectivity index (χ1n) is 6.99. The van der Waals surface area contributed by atoms with Crippen molar-refractivity contribution in [1.29, 1.82) is 0 Å². The predicted molar refractivity (Wildman–Crippen MR) is 85.9 cm³/mol. The number of hydrogen-bond acceptors (Lipinski definition) is 2. The van der Waals surface area contributed by atoms with E-state index < -0.39 is 0 Å². The van der Waals surface area contributed by atoms with Crippen LogP contribution in [0.5, 0.6) is 5.75 Å². The van der Waals surface area contributed by atoms with Gasteiger partial charge in [0.25, 0.3) is 0 Å². The van der Waals surface area contributed by atoms with Crippen molar-refractivity contribution >= 4 is 11.8 Å². The van der Waals surface area contributed by atoms with Crippen LogP contribution >= 0.6 is 0 Å². The smallest absolute Gasteiger partial charge is 0.126 e. The number of rotatable bonds is 6. The molecule has 0 unspecified atom stereocenters. The van der Waals surface area contributed by atoms with E-state index in [0.29, 0.717) is 0 Å². The molecule has 0 bridgehead atoms. The Balaban J connectivity index is 2.25. The summed E-state index contributed by atoms with van der Waals surface area (Å²) in [6.07, 6.45) is 4.27. The van der Waals surface area contributed by atoms with E-state index in [2.05, 4.69) is 36.5 Å². The molecular weight excluding hydrogens is 246 g/mol. The lowest BCUT2D eigenvalue weighted by Gasteiger charge is -2.12. The van der Waals surface area contributed by atoms with Gasteiger partial charge in [-0.15, -0.1) is 0 Å². The summed E-state index contributed by atoms with van der Waals surface area (Å²) in [6.45, 7) is 2.18. The van der Waals surface area contributed by atoms with Crippen LogP contribution in [0, 0.1) is 0 Å². The molecule has 0 radical (unpaired) electrons. The number of para-hydroxylation sites is 2. The van der Waals surface area contributed by atoms with Crippen LogP contribution in [0.25, 0.3) is 6.08 Å². The van der Waals surface area contributed by atoms with Gasteiger partial charge in [-0.25, -0.2) is 0 Å². The molecule has 0 heterocycles. The Labute approximate surface area is 121 Å². The summed E-state index contributed by atoms with van der Waals surface area (Å²) in [5, 5.41) is 3.49. The zero-order valence-corrected chi connectivity index (χ0v) is 12.1. The second-order valence-electron chi connectivity index (χ2n) is 4.65. The average Bonchev–Trinajstić information content (AvgIpc) is 2.49. The van der Waals surface area contributed by atoms with Gasteiger partial charge in [-0.2, -0.15) is 0 Å². The van der Waals surface area contributed by atoms with Crippen LogP contribution in [0.1, 0.15) is 25.3 Å². The van der Waals surface area contributed by atoms with E-state index in [1.807, 2.05) is 36.4 Å². The lowest BCUT2D eigenvalue weighted by Crippen LogP contribution is -1.99. The molecule has 0 aliphatic rings. The molecule has 0 atom stereocenters. The van der Waals surface area contributed by atoms with Gasteiger partial charge in [0.2, 0.25) is 0 Å². The van der Waals surface area contributed by atoms with Gasteiger partial charge in [0.1, 0.15) is 5.75 Å². The summed E-state index contributed by atoms with van der Waals surface area (Å²) in [5.74, 6) is 0.899. The van der Waals surface area contributed by atoms with E-state index in [1.54, 1.807) is 7.11 Å². The SMILES string of the molecule is CCC/C(=C/c1ccccc1OC)Nc1ccccc1. The highest BCUT2D eigenvalue weighted by Gasteiger charge is 2.02. The molecule has 0 spiro atoms. The molecule has 1 N–H and O–H groups in total. The topological polar surface area (TPSA) is 21.3 Å². The van der Waals surface area contributed by atoms with Crippen LogP contribution in [-0.4, -0.2) is 7.11 Å². The van der Waals surface area contributed by atoms with Gasteiger partial charge < -0.3 is 10.1 Å². The minimum Gasteiger partial charge on any atom is -0.496 e. The summed E-state index contributed by atoms with van der Waals surface area (Å²) in [7, 11) is 1.71. The molecule has 2 heteroatoms. The molecule has 2 rings (SSSR count). The molecular formula is C18H21NO. The van der Waals surface area contributed by atoms with Crippen molar-refractivity contribution in [2.75, 3.05) is 12.4 Å². The van der Waals surface area contributed by atoms with Gasteiger partial charge >= 0.3 is 0 Å². The van der Waals surface area contributed by atoms with Crippen LogP contribution < -0.4 is 10.1 Å². The predicted octanol–water partition coefficient (Wildman–Crippen LogP) is 4.95. The molecule has 20 heavy (non-hydrogen) atoms. The molecule has 0 fully saturated rings. The molecule has 0 aliphatic carbocycles. The second kappa shape index (κ2) is 7.39. The van der Waals surface area contributed by atoms with Crippen LogP contribution in [-0.2, 0) is 0 Å². The molecule has 2 aromatic carbocycles. The standard InChI is InChI=1S/C18H21NO/c1-3-9-17(19-16-11-5-4-6-12-16)14-15-10-7-8-13-18(15)20-2/h4-8,10-14,19H,3,9H2,1-2H3/b17-14-. The minimum atomic E-state index is 0.899. The Morgan fingerprint density at radius 1 is 1.05 bits per heavy atom. The van der Waals surface area contributed by atoms with E-state index in [-0.39, 0.29) is 0 Å². The van der Waals surface area contributed by atoms with Gasteiger partial charge in [0.15, 0.2) is 0 Å². The van der Waals surface area contributed by atoms with E-state index in [4.69, 9.17) is 4.74 Å². The molecule has 2 nitrogen and oxygen atoms in total. The fourth-order valence-electron chi connectivity index (χ4n) is 2.12. The zero-order chi connectivity index (χ0) is 14.2. The van der Waals surface area contributed by atoms with E-state index in [0.717, 1.165) is 29.8 Å². The molecule has 0 saturated carbocycles. The minimum absolute atomic E-state index is 0.899. The van der Waals surface area contributed by atoms with E-state index >= 15 is 0 Å². The molecule has 0 aliphatic heterocycles. The summed E-state index contributed by atoms with van der Waals surface area (Å²) in [4.78, 5) is 0. The van der Waals surface area contributed by atoms with Crippen molar-refractivity contribution < 1.29 is 4.74 Å². The van der Waals surface area contributed by atoms with Crippen molar-refractivity contribution in [3.8, 4) is 5.75 Å². The fraction of sp³-hybridized carbons (Fsp3) is 0.222. The monoisotopic (exact) mass is 267 g/mol.